The molecule has 5 aromatic carbocycles. The Morgan fingerprint density at radius 2 is 1.20 bits per heavy atom. The molecule has 9 heteroatoms. The van der Waals surface area contributed by atoms with Gasteiger partial charge in [0.05, 0.1) is 10.6 Å². The zero-order valence-corrected chi connectivity index (χ0v) is 28.5. The Balaban J connectivity index is 1.54. The van der Waals surface area contributed by atoms with Crippen LogP contribution in [0.25, 0.3) is 0 Å². The number of sulfonamides is 1. The number of carbonyl (C=O) groups is 2. The van der Waals surface area contributed by atoms with Crippen LogP contribution in [-0.2, 0) is 32.6 Å². The van der Waals surface area contributed by atoms with Gasteiger partial charge in [0, 0.05) is 19.0 Å². The fraction of sp³-hybridized carbons (Fsp3) is 0.200. The van der Waals surface area contributed by atoms with Gasteiger partial charge >= 0.3 is 0 Å². The van der Waals surface area contributed by atoms with Gasteiger partial charge in [-0.1, -0.05) is 104 Å². The zero-order chi connectivity index (χ0) is 34.6. The summed E-state index contributed by atoms with van der Waals surface area (Å²) in [6, 6.07) is 41.7. The zero-order valence-electron chi connectivity index (χ0n) is 27.7. The van der Waals surface area contributed by atoms with Gasteiger partial charge in [-0.05, 0) is 73.0 Å². The highest BCUT2D eigenvalue weighted by Crippen LogP contribution is 2.29. The first-order valence-corrected chi connectivity index (χ1v) is 17.8. The lowest BCUT2D eigenvalue weighted by Crippen LogP contribution is -2.54. The van der Waals surface area contributed by atoms with Crippen LogP contribution in [0, 0.1) is 0 Å². The number of para-hydroxylation sites is 1. The molecule has 0 aliphatic carbocycles. The molecule has 0 aromatic heterocycles. The second-order valence-corrected chi connectivity index (χ2v) is 13.6. The van der Waals surface area contributed by atoms with E-state index < -0.39 is 28.5 Å². The van der Waals surface area contributed by atoms with E-state index in [1.165, 1.54) is 17.0 Å². The molecule has 0 aliphatic heterocycles. The van der Waals surface area contributed by atoms with Gasteiger partial charge in [0.15, 0.2) is 0 Å². The van der Waals surface area contributed by atoms with E-state index in [1.54, 1.807) is 42.5 Å². The number of hydrogen-bond donors (Lipinski definition) is 1. The molecule has 0 fully saturated rings. The van der Waals surface area contributed by atoms with Crippen molar-refractivity contribution >= 4 is 27.5 Å². The molecule has 0 saturated carbocycles. The summed E-state index contributed by atoms with van der Waals surface area (Å²) in [4.78, 5) is 30.1. The average Bonchev–Trinajstić information content (AvgIpc) is 3.14. The van der Waals surface area contributed by atoms with Gasteiger partial charge < -0.3 is 15.0 Å². The molecule has 0 unspecified atom stereocenters. The Morgan fingerprint density at radius 1 is 0.694 bits per heavy atom. The number of benzene rings is 5. The largest absolute Gasteiger partial charge is 0.457 e. The summed E-state index contributed by atoms with van der Waals surface area (Å²) >= 11 is 0. The molecule has 252 valence electrons. The van der Waals surface area contributed by atoms with Crippen molar-refractivity contribution in [1.82, 2.24) is 10.2 Å². The van der Waals surface area contributed by atoms with Crippen LogP contribution in [0.1, 0.15) is 31.4 Å². The van der Waals surface area contributed by atoms with E-state index in [4.69, 9.17) is 4.74 Å². The van der Waals surface area contributed by atoms with Crippen molar-refractivity contribution in [3.8, 4) is 11.5 Å². The molecule has 5 aromatic rings. The van der Waals surface area contributed by atoms with Crippen LogP contribution in [0.15, 0.2) is 150 Å². The third-order valence-electron chi connectivity index (χ3n) is 8.18. The van der Waals surface area contributed by atoms with E-state index >= 15 is 0 Å². The maximum atomic E-state index is 14.6. The molecule has 0 saturated heterocycles. The van der Waals surface area contributed by atoms with E-state index in [9.17, 15) is 18.0 Å². The van der Waals surface area contributed by atoms with Gasteiger partial charge in [-0.15, -0.1) is 0 Å². The lowest BCUT2D eigenvalue weighted by molar-refractivity contribution is -0.140. The van der Waals surface area contributed by atoms with Crippen molar-refractivity contribution in [2.24, 2.45) is 0 Å². The monoisotopic (exact) mass is 675 g/mol. The Bertz CT molecular complexity index is 1890. The van der Waals surface area contributed by atoms with Crippen molar-refractivity contribution in [3.63, 3.8) is 0 Å². The number of amides is 2. The average molecular weight is 676 g/mol. The van der Waals surface area contributed by atoms with Gasteiger partial charge in [0.1, 0.15) is 24.1 Å². The summed E-state index contributed by atoms with van der Waals surface area (Å²) in [6.45, 7) is 3.46. The number of hydrogen-bond acceptors (Lipinski definition) is 5. The molecule has 0 radical (unpaired) electrons. The molecule has 0 heterocycles. The van der Waals surface area contributed by atoms with Crippen molar-refractivity contribution in [2.45, 2.75) is 50.2 Å². The number of nitrogens with zero attached hydrogens (tertiary/aromatic N) is 2. The predicted molar refractivity (Wildman–Crippen MR) is 193 cm³/mol. The number of ether oxygens (including phenoxy) is 1. The number of anilines is 1. The quantitative estimate of drug-likeness (QED) is 0.126. The Labute approximate surface area is 289 Å². The van der Waals surface area contributed by atoms with Gasteiger partial charge in [0.2, 0.25) is 11.8 Å². The first kappa shape index (κ1) is 34.9. The highest BCUT2D eigenvalue weighted by atomic mass is 32.2. The molecule has 8 nitrogen and oxygen atoms in total. The molecular formula is C40H41N3O5S. The van der Waals surface area contributed by atoms with E-state index in [0.717, 1.165) is 15.4 Å². The summed E-state index contributed by atoms with van der Waals surface area (Å²) in [5.41, 5.74) is 1.96. The smallest absolute Gasteiger partial charge is 0.264 e. The Morgan fingerprint density at radius 3 is 1.78 bits per heavy atom. The Hall–Kier alpha value is -5.41. The van der Waals surface area contributed by atoms with E-state index in [1.807, 2.05) is 105 Å². The summed E-state index contributed by atoms with van der Waals surface area (Å²) in [5, 5.41) is 3.06. The third-order valence-corrected chi connectivity index (χ3v) is 9.97. The van der Waals surface area contributed by atoms with Gasteiger partial charge in [-0.3, -0.25) is 13.9 Å². The number of rotatable bonds is 15. The van der Waals surface area contributed by atoms with Gasteiger partial charge in [-0.2, -0.15) is 0 Å². The van der Waals surface area contributed by atoms with Crippen LogP contribution >= 0.6 is 0 Å². The minimum atomic E-state index is -4.21. The van der Waals surface area contributed by atoms with Crippen molar-refractivity contribution in [3.05, 3.63) is 157 Å². The van der Waals surface area contributed by atoms with Crippen LogP contribution in [0.2, 0.25) is 0 Å². The van der Waals surface area contributed by atoms with Crippen LogP contribution in [0.3, 0.4) is 0 Å². The lowest BCUT2D eigenvalue weighted by Gasteiger charge is -2.34. The van der Waals surface area contributed by atoms with Crippen molar-refractivity contribution in [1.29, 1.82) is 0 Å². The SMILES string of the molecule is CC[C@H](C)NC(=O)[C@H](Cc1ccccc1)N(Cc1ccccc1)C(=O)CN(c1ccc(Oc2ccccc2)cc1)S(=O)(=O)c1ccccc1. The minimum Gasteiger partial charge on any atom is -0.457 e. The highest BCUT2D eigenvalue weighted by molar-refractivity contribution is 7.92. The van der Waals surface area contributed by atoms with Crippen LogP contribution in [-0.4, -0.2) is 43.8 Å². The number of carbonyl (C=O) groups excluding carboxylic acids is 2. The van der Waals surface area contributed by atoms with Crippen molar-refractivity contribution in [2.75, 3.05) is 10.8 Å². The first-order valence-electron chi connectivity index (χ1n) is 16.3. The fourth-order valence-electron chi connectivity index (χ4n) is 5.33. The van der Waals surface area contributed by atoms with Crippen molar-refractivity contribution < 1.29 is 22.7 Å². The van der Waals surface area contributed by atoms with Crippen LogP contribution < -0.4 is 14.4 Å². The molecule has 0 spiro atoms. The molecule has 2 amide bonds. The maximum Gasteiger partial charge on any atom is 0.264 e. The number of nitrogens with one attached hydrogen (secondary N) is 1. The van der Waals surface area contributed by atoms with Gasteiger partial charge in [-0.25, -0.2) is 8.42 Å². The van der Waals surface area contributed by atoms with Crippen LogP contribution in [0.5, 0.6) is 11.5 Å². The van der Waals surface area contributed by atoms with E-state index in [2.05, 4.69) is 5.32 Å². The van der Waals surface area contributed by atoms with Gasteiger partial charge in [0.25, 0.3) is 10.0 Å². The molecule has 49 heavy (non-hydrogen) atoms. The molecule has 2 atom stereocenters. The molecule has 0 bridgehead atoms. The second kappa shape index (κ2) is 16.6. The summed E-state index contributed by atoms with van der Waals surface area (Å²) in [7, 11) is -4.21. The molecular weight excluding hydrogens is 635 g/mol. The minimum absolute atomic E-state index is 0.0392. The predicted octanol–water partition coefficient (Wildman–Crippen LogP) is 7.23. The van der Waals surface area contributed by atoms with Crippen LogP contribution in [0.4, 0.5) is 5.69 Å². The Kier molecular flexibility index (Phi) is 11.8. The third kappa shape index (κ3) is 9.36. The second-order valence-electron chi connectivity index (χ2n) is 11.8. The molecule has 1 N–H and O–H groups in total. The highest BCUT2D eigenvalue weighted by Gasteiger charge is 2.35. The fourth-order valence-corrected chi connectivity index (χ4v) is 6.76. The van der Waals surface area contributed by atoms with E-state index in [-0.39, 0.29) is 35.5 Å². The lowest BCUT2D eigenvalue weighted by atomic mass is 10.0. The summed E-state index contributed by atoms with van der Waals surface area (Å²) < 4.78 is 35.5. The molecule has 5 rings (SSSR count). The standard InChI is InChI=1S/C40H41N3O5S/c1-3-31(2)41-40(45)38(28-32-16-8-4-9-17-32)42(29-33-18-10-5-11-19-33)39(44)30-43(49(46,47)37-22-14-7-15-23-37)34-24-26-36(27-25-34)48-35-20-12-6-13-21-35/h4-27,31,38H,3,28-30H2,1-2H3,(H,41,45)/t31-,38-/m0/s1. The van der Waals surface area contributed by atoms with E-state index in [0.29, 0.717) is 17.9 Å². The topological polar surface area (TPSA) is 96.0 Å². The summed E-state index contributed by atoms with van der Waals surface area (Å²) in [5.74, 6) is 0.320. The molecule has 0 aliphatic rings. The normalized spacial score (nSPS) is 12.4. The maximum absolute atomic E-state index is 14.6. The summed E-state index contributed by atoms with van der Waals surface area (Å²) in [6.07, 6.45) is 0.960. The first-order chi connectivity index (χ1) is 23.7.